The highest BCUT2D eigenvalue weighted by Gasteiger charge is 2.01. The summed E-state index contributed by atoms with van der Waals surface area (Å²) in [6.07, 6.45) is 3.06. The second kappa shape index (κ2) is 1.54. The summed E-state index contributed by atoms with van der Waals surface area (Å²) in [5, 5.41) is 1.84. The Labute approximate surface area is 43.8 Å². The Morgan fingerprint density at radius 1 is 1.86 bits per heavy atom. The maximum Gasteiger partial charge on any atom is 0.0766 e. The quantitative estimate of drug-likeness (QED) is 0.462. The van der Waals surface area contributed by atoms with Crippen molar-refractivity contribution < 1.29 is 0 Å². The van der Waals surface area contributed by atoms with E-state index in [1.165, 1.54) is 5.57 Å². The molecule has 0 spiro atoms. The van der Waals surface area contributed by atoms with Gasteiger partial charge in [-0.1, -0.05) is 0 Å². The maximum atomic E-state index is 3.06. The van der Waals surface area contributed by atoms with E-state index in [1.54, 1.807) is 0 Å². The van der Waals surface area contributed by atoms with Crippen LogP contribution in [0.15, 0.2) is 5.57 Å². The average Bonchev–Trinajstić information content (AvgIpc) is 1.87. The van der Waals surface area contributed by atoms with Gasteiger partial charge in [0.2, 0.25) is 0 Å². The Morgan fingerprint density at radius 2 is 2.57 bits per heavy atom. The standard InChI is InChI=1S/C5H9N2/c1-5-3-6-7(2)4-5/h6H,3H2,1-2H3. The molecule has 7 heavy (non-hydrogen) atoms. The Morgan fingerprint density at radius 3 is 2.71 bits per heavy atom. The number of hydrogen-bond acceptors (Lipinski definition) is 2. The van der Waals surface area contributed by atoms with Crippen molar-refractivity contribution in [1.82, 2.24) is 10.4 Å². The molecule has 0 unspecified atom stereocenters. The number of hydrogen-bond donors (Lipinski definition) is 1. The van der Waals surface area contributed by atoms with E-state index in [-0.39, 0.29) is 0 Å². The number of nitrogens with zero attached hydrogens (tertiary/aromatic N) is 1. The van der Waals surface area contributed by atoms with Crippen LogP contribution in [0.5, 0.6) is 0 Å². The van der Waals surface area contributed by atoms with Gasteiger partial charge in [-0.05, 0) is 12.5 Å². The second-order valence-electron chi connectivity index (χ2n) is 1.79. The van der Waals surface area contributed by atoms with E-state index in [0.29, 0.717) is 0 Å². The van der Waals surface area contributed by atoms with Gasteiger partial charge in [0.1, 0.15) is 0 Å². The van der Waals surface area contributed by atoms with E-state index < -0.39 is 0 Å². The van der Waals surface area contributed by atoms with Crippen molar-refractivity contribution in [2.24, 2.45) is 0 Å². The Hall–Kier alpha value is -0.500. The van der Waals surface area contributed by atoms with Gasteiger partial charge in [-0.2, -0.15) is 0 Å². The minimum absolute atomic E-state index is 0.955. The molecule has 1 aliphatic rings. The average molecular weight is 97.1 g/mol. The lowest BCUT2D eigenvalue weighted by atomic mass is 10.4. The summed E-state index contributed by atoms with van der Waals surface area (Å²) < 4.78 is 0. The summed E-state index contributed by atoms with van der Waals surface area (Å²) >= 11 is 0. The molecule has 0 saturated carbocycles. The SMILES string of the molecule is CC1=[C]N(C)NC1. The maximum absolute atomic E-state index is 3.06. The van der Waals surface area contributed by atoms with E-state index in [1.807, 2.05) is 12.1 Å². The zero-order valence-electron chi connectivity index (χ0n) is 4.65. The topological polar surface area (TPSA) is 15.3 Å². The summed E-state index contributed by atoms with van der Waals surface area (Å²) in [4.78, 5) is 0. The summed E-state index contributed by atoms with van der Waals surface area (Å²) in [6.45, 7) is 3.01. The molecule has 1 heterocycles. The normalized spacial score (nSPS) is 20.3. The lowest BCUT2D eigenvalue weighted by Crippen LogP contribution is -2.24. The van der Waals surface area contributed by atoms with Gasteiger partial charge in [-0.15, -0.1) is 0 Å². The molecule has 0 bridgehead atoms. The smallest absolute Gasteiger partial charge is 0.0766 e. The van der Waals surface area contributed by atoms with Crippen LogP contribution in [-0.2, 0) is 0 Å². The molecule has 1 rings (SSSR count). The van der Waals surface area contributed by atoms with Crippen LogP contribution >= 0.6 is 0 Å². The van der Waals surface area contributed by atoms with Gasteiger partial charge in [-0.3, -0.25) is 0 Å². The summed E-state index contributed by atoms with van der Waals surface area (Å²) in [5.41, 5.74) is 4.32. The molecule has 0 aromatic carbocycles. The van der Waals surface area contributed by atoms with E-state index in [0.717, 1.165) is 6.54 Å². The highest BCUT2D eigenvalue weighted by molar-refractivity contribution is 4.97. The molecule has 0 aliphatic carbocycles. The monoisotopic (exact) mass is 97.1 g/mol. The Balaban J connectivity index is 2.50. The molecule has 1 N–H and O–H groups in total. The van der Waals surface area contributed by atoms with Crippen molar-refractivity contribution in [3.8, 4) is 0 Å². The first-order valence-corrected chi connectivity index (χ1v) is 2.35. The van der Waals surface area contributed by atoms with Crippen LogP contribution in [0.2, 0.25) is 0 Å². The van der Waals surface area contributed by atoms with Crippen LogP contribution < -0.4 is 5.43 Å². The summed E-state index contributed by atoms with van der Waals surface area (Å²) in [7, 11) is 1.94. The Kier molecular flexibility index (Phi) is 1.02. The van der Waals surface area contributed by atoms with Crippen molar-refractivity contribution in [2.45, 2.75) is 6.92 Å². The van der Waals surface area contributed by atoms with Gasteiger partial charge < -0.3 is 5.01 Å². The number of hydrazine groups is 1. The third-order valence-corrected chi connectivity index (χ3v) is 0.940. The van der Waals surface area contributed by atoms with Gasteiger partial charge in [0.05, 0.1) is 6.20 Å². The molecule has 1 radical (unpaired) electrons. The van der Waals surface area contributed by atoms with Gasteiger partial charge in [0.25, 0.3) is 0 Å². The third-order valence-electron chi connectivity index (χ3n) is 0.940. The fourth-order valence-corrected chi connectivity index (χ4v) is 0.603. The zero-order valence-corrected chi connectivity index (χ0v) is 4.65. The molecule has 0 atom stereocenters. The van der Waals surface area contributed by atoms with Crippen LogP contribution in [0, 0.1) is 6.20 Å². The van der Waals surface area contributed by atoms with E-state index in [9.17, 15) is 0 Å². The van der Waals surface area contributed by atoms with Crippen molar-refractivity contribution in [3.63, 3.8) is 0 Å². The van der Waals surface area contributed by atoms with Gasteiger partial charge in [0.15, 0.2) is 0 Å². The fraction of sp³-hybridized carbons (Fsp3) is 0.600. The van der Waals surface area contributed by atoms with Crippen LogP contribution in [0.4, 0.5) is 0 Å². The van der Waals surface area contributed by atoms with Gasteiger partial charge >= 0.3 is 0 Å². The molecule has 0 saturated heterocycles. The molecule has 1 aliphatic heterocycles. The molecular formula is C5H9N2. The lowest BCUT2D eigenvalue weighted by Gasteiger charge is -2.03. The molecule has 0 amide bonds. The van der Waals surface area contributed by atoms with E-state index in [2.05, 4.69) is 18.5 Å². The van der Waals surface area contributed by atoms with Crippen molar-refractivity contribution >= 4 is 0 Å². The van der Waals surface area contributed by atoms with Crippen LogP contribution in [0.1, 0.15) is 6.92 Å². The van der Waals surface area contributed by atoms with Gasteiger partial charge in [0, 0.05) is 13.6 Å². The zero-order chi connectivity index (χ0) is 5.28. The highest BCUT2D eigenvalue weighted by atomic mass is 15.5. The first-order chi connectivity index (χ1) is 3.29. The minimum atomic E-state index is 0.955. The number of nitrogens with one attached hydrogen (secondary N) is 1. The molecule has 39 valence electrons. The van der Waals surface area contributed by atoms with E-state index in [4.69, 9.17) is 0 Å². The lowest BCUT2D eigenvalue weighted by molar-refractivity contribution is 0.359. The van der Waals surface area contributed by atoms with Crippen LogP contribution in [0.3, 0.4) is 0 Å². The third kappa shape index (κ3) is 0.933. The predicted molar refractivity (Wildman–Crippen MR) is 28.2 cm³/mol. The first kappa shape index (κ1) is 4.65. The highest BCUT2D eigenvalue weighted by Crippen LogP contribution is 1.96. The molecule has 0 aromatic rings. The largest absolute Gasteiger partial charge is 0.309 e. The fourth-order valence-electron chi connectivity index (χ4n) is 0.603. The summed E-state index contributed by atoms with van der Waals surface area (Å²) in [6, 6.07) is 0. The molecule has 2 nitrogen and oxygen atoms in total. The van der Waals surface area contributed by atoms with Crippen LogP contribution in [0.25, 0.3) is 0 Å². The van der Waals surface area contributed by atoms with Crippen molar-refractivity contribution in [3.05, 3.63) is 11.8 Å². The second-order valence-corrected chi connectivity index (χ2v) is 1.79. The molecular weight excluding hydrogens is 88.1 g/mol. The molecule has 0 fully saturated rings. The minimum Gasteiger partial charge on any atom is -0.309 e. The number of rotatable bonds is 0. The van der Waals surface area contributed by atoms with E-state index >= 15 is 0 Å². The predicted octanol–water partition coefficient (Wildman–Crippen LogP) is 0.143. The molecule has 0 aromatic heterocycles. The van der Waals surface area contributed by atoms with Gasteiger partial charge in [-0.25, -0.2) is 5.43 Å². The Bertz CT molecular complexity index is 96.3. The molecule has 2 heteroatoms. The first-order valence-electron chi connectivity index (χ1n) is 2.35. The van der Waals surface area contributed by atoms with Crippen molar-refractivity contribution in [1.29, 1.82) is 0 Å². The summed E-state index contributed by atoms with van der Waals surface area (Å²) in [5.74, 6) is 0. The van der Waals surface area contributed by atoms with Crippen LogP contribution in [-0.4, -0.2) is 18.6 Å². The van der Waals surface area contributed by atoms with Crippen molar-refractivity contribution in [2.75, 3.05) is 13.6 Å².